The topological polar surface area (TPSA) is 22.0 Å². The van der Waals surface area contributed by atoms with E-state index in [1.807, 2.05) is 0 Å². The Labute approximate surface area is 108 Å². The van der Waals surface area contributed by atoms with Crippen molar-refractivity contribution in [1.82, 2.24) is 4.57 Å². The number of benzene rings is 1. The Morgan fingerprint density at radius 1 is 1.22 bits per heavy atom. The molecule has 0 unspecified atom stereocenters. The fourth-order valence-electron chi connectivity index (χ4n) is 3.10. The van der Waals surface area contributed by atoms with Crippen LogP contribution in [0.2, 0.25) is 0 Å². The van der Waals surface area contributed by atoms with Crippen LogP contribution in [0.15, 0.2) is 24.4 Å². The lowest BCUT2D eigenvalue weighted by Crippen LogP contribution is -2.12. The summed E-state index contributed by atoms with van der Waals surface area (Å²) in [5.74, 6) is 0.997. The summed E-state index contributed by atoms with van der Waals surface area (Å²) >= 11 is 0. The van der Waals surface area contributed by atoms with Crippen molar-refractivity contribution in [3.8, 4) is 0 Å². The number of hydrogen-bond acceptors (Lipinski definition) is 1. The van der Waals surface area contributed by atoms with Gasteiger partial charge in [-0.2, -0.15) is 0 Å². The second kappa shape index (κ2) is 4.27. The van der Waals surface area contributed by atoms with Crippen LogP contribution in [0.25, 0.3) is 10.9 Å². The number of aromatic nitrogens is 1. The minimum absolute atomic E-state index is 0.433. The van der Waals surface area contributed by atoms with Crippen molar-refractivity contribution in [3.63, 3.8) is 0 Å². The number of rotatable bonds is 1. The zero-order valence-corrected chi connectivity index (χ0v) is 11.1. The van der Waals surface area contributed by atoms with Crippen molar-refractivity contribution in [2.75, 3.05) is 0 Å². The molecule has 0 spiro atoms. The van der Waals surface area contributed by atoms with Crippen LogP contribution in [-0.4, -0.2) is 10.4 Å². The van der Waals surface area contributed by atoms with E-state index in [-0.39, 0.29) is 0 Å². The molecule has 0 bridgehead atoms. The van der Waals surface area contributed by atoms with E-state index < -0.39 is 0 Å². The highest BCUT2D eigenvalue weighted by molar-refractivity contribution is 5.86. The summed E-state index contributed by atoms with van der Waals surface area (Å²) in [6, 6.07) is 6.66. The van der Waals surface area contributed by atoms with Gasteiger partial charge in [-0.1, -0.05) is 12.1 Å². The Hall–Kier alpha value is -1.57. The van der Waals surface area contributed by atoms with Crippen LogP contribution in [-0.2, 0) is 11.8 Å². The zero-order chi connectivity index (χ0) is 12.7. The molecule has 2 heteroatoms. The molecule has 1 saturated carbocycles. The minimum Gasteiger partial charge on any atom is -0.350 e. The summed E-state index contributed by atoms with van der Waals surface area (Å²) in [5, 5.41) is 1.36. The number of carbonyl (C=O) groups excluding carboxylic acids is 1. The highest BCUT2D eigenvalue weighted by atomic mass is 16.1. The number of hydrogen-bond donors (Lipinski definition) is 0. The predicted octanol–water partition coefficient (Wildman–Crippen LogP) is 3.71. The first-order chi connectivity index (χ1) is 8.65. The van der Waals surface area contributed by atoms with Crippen molar-refractivity contribution >= 4 is 16.7 Å². The van der Waals surface area contributed by atoms with E-state index in [1.165, 1.54) is 22.0 Å². The maximum atomic E-state index is 11.3. The Bertz CT molecular complexity index is 599. The number of Topliss-reactive ketones (excluding diaryl/α,β-unsaturated/α-hetero) is 1. The molecule has 1 fully saturated rings. The van der Waals surface area contributed by atoms with Gasteiger partial charge in [0.1, 0.15) is 5.78 Å². The number of ketones is 1. The monoisotopic (exact) mass is 241 g/mol. The normalized spacial score (nSPS) is 17.6. The molecule has 0 atom stereocenters. The van der Waals surface area contributed by atoms with Crippen molar-refractivity contribution < 1.29 is 4.79 Å². The van der Waals surface area contributed by atoms with Crippen LogP contribution >= 0.6 is 0 Å². The summed E-state index contributed by atoms with van der Waals surface area (Å²) in [6.45, 7) is 2.13. The average molecular weight is 241 g/mol. The first kappa shape index (κ1) is 11.5. The summed E-state index contributed by atoms with van der Waals surface area (Å²) < 4.78 is 2.22. The Morgan fingerprint density at radius 3 is 2.67 bits per heavy atom. The van der Waals surface area contributed by atoms with Gasteiger partial charge in [-0.25, -0.2) is 0 Å². The maximum absolute atomic E-state index is 11.3. The van der Waals surface area contributed by atoms with Gasteiger partial charge in [-0.05, 0) is 42.9 Å². The number of nitrogens with zero attached hydrogens (tertiary/aromatic N) is 1. The van der Waals surface area contributed by atoms with E-state index in [4.69, 9.17) is 0 Å². The molecular weight excluding hydrogens is 222 g/mol. The molecule has 0 aliphatic heterocycles. The first-order valence-electron chi connectivity index (χ1n) is 6.72. The van der Waals surface area contributed by atoms with Gasteiger partial charge in [0, 0.05) is 37.0 Å². The van der Waals surface area contributed by atoms with Crippen LogP contribution in [0.4, 0.5) is 0 Å². The quantitative estimate of drug-likeness (QED) is 0.746. The molecule has 0 amide bonds. The van der Waals surface area contributed by atoms with Crippen molar-refractivity contribution in [2.24, 2.45) is 7.05 Å². The molecular formula is C16H19NO. The number of carbonyl (C=O) groups is 1. The fraction of sp³-hybridized carbons (Fsp3) is 0.438. The van der Waals surface area contributed by atoms with Crippen molar-refractivity contribution in [3.05, 3.63) is 35.5 Å². The third-order valence-electron chi connectivity index (χ3n) is 4.16. The Balaban J connectivity index is 2.04. The minimum atomic E-state index is 0.433. The SMILES string of the molecule is Cc1ccc2c(C3CCC(=O)CC3)cn(C)c2c1. The van der Waals surface area contributed by atoms with Gasteiger partial charge in [-0.3, -0.25) is 4.79 Å². The Kier molecular flexibility index (Phi) is 2.73. The molecule has 1 aromatic carbocycles. The lowest BCUT2D eigenvalue weighted by molar-refractivity contribution is -0.120. The van der Waals surface area contributed by atoms with Gasteiger partial charge in [-0.15, -0.1) is 0 Å². The maximum Gasteiger partial charge on any atom is 0.132 e. The van der Waals surface area contributed by atoms with E-state index in [9.17, 15) is 4.79 Å². The third-order valence-corrected chi connectivity index (χ3v) is 4.16. The van der Waals surface area contributed by atoms with Gasteiger partial charge in [0.15, 0.2) is 0 Å². The lowest BCUT2D eigenvalue weighted by atomic mass is 9.83. The second-order valence-corrected chi connectivity index (χ2v) is 5.53. The highest BCUT2D eigenvalue weighted by Crippen LogP contribution is 2.36. The molecule has 2 nitrogen and oxygen atoms in total. The summed E-state index contributed by atoms with van der Waals surface area (Å²) in [4.78, 5) is 11.3. The molecule has 3 rings (SSSR count). The van der Waals surface area contributed by atoms with E-state index in [0.717, 1.165) is 25.7 Å². The summed E-state index contributed by atoms with van der Waals surface area (Å²) in [5.41, 5.74) is 4.04. The molecule has 1 heterocycles. The smallest absolute Gasteiger partial charge is 0.132 e. The largest absolute Gasteiger partial charge is 0.350 e. The predicted molar refractivity (Wildman–Crippen MR) is 73.9 cm³/mol. The van der Waals surface area contributed by atoms with Crippen LogP contribution in [0, 0.1) is 6.92 Å². The first-order valence-corrected chi connectivity index (χ1v) is 6.72. The van der Waals surface area contributed by atoms with Gasteiger partial charge < -0.3 is 4.57 Å². The second-order valence-electron chi connectivity index (χ2n) is 5.53. The van der Waals surface area contributed by atoms with Gasteiger partial charge in [0.05, 0.1) is 0 Å². The average Bonchev–Trinajstić information content (AvgIpc) is 2.68. The molecule has 0 saturated heterocycles. The summed E-state index contributed by atoms with van der Waals surface area (Å²) in [6.07, 6.45) is 5.81. The van der Waals surface area contributed by atoms with Crippen molar-refractivity contribution in [1.29, 1.82) is 0 Å². The number of fused-ring (bicyclic) bond motifs is 1. The van der Waals surface area contributed by atoms with Crippen LogP contribution in [0.5, 0.6) is 0 Å². The van der Waals surface area contributed by atoms with E-state index in [2.05, 4.69) is 42.9 Å². The molecule has 2 aromatic rings. The molecule has 94 valence electrons. The molecule has 18 heavy (non-hydrogen) atoms. The molecule has 1 aliphatic carbocycles. The van der Waals surface area contributed by atoms with Crippen LogP contribution in [0.1, 0.15) is 42.7 Å². The van der Waals surface area contributed by atoms with Crippen LogP contribution < -0.4 is 0 Å². The zero-order valence-electron chi connectivity index (χ0n) is 11.1. The highest BCUT2D eigenvalue weighted by Gasteiger charge is 2.23. The van der Waals surface area contributed by atoms with Crippen LogP contribution in [0.3, 0.4) is 0 Å². The number of aryl methyl sites for hydroxylation is 2. The molecule has 1 aliphatic rings. The molecule has 1 aromatic heterocycles. The van der Waals surface area contributed by atoms with Gasteiger partial charge in [0.25, 0.3) is 0 Å². The van der Waals surface area contributed by atoms with E-state index in [1.54, 1.807) is 0 Å². The van der Waals surface area contributed by atoms with E-state index >= 15 is 0 Å². The molecule has 0 N–H and O–H groups in total. The van der Waals surface area contributed by atoms with Crippen molar-refractivity contribution in [2.45, 2.75) is 38.5 Å². The Morgan fingerprint density at radius 2 is 1.94 bits per heavy atom. The van der Waals surface area contributed by atoms with Gasteiger partial charge >= 0.3 is 0 Å². The molecule has 0 radical (unpaired) electrons. The third kappa shape index (κ3) is 1.86. The van der Waals surface area contributed by atoms with Gasteiger partial charge in [0.2, 0.25) is 0 Å². The lowest BCUT2D eigenvalue weighted by Gasteiger charge is -2.20. The fourth-order valence-corrected chi connectivity index (χ4v) is 3.10. The standard InChI is InChI=1S/C16H19NO/c1-11-3-8-14-15(10-17(2)16(14)9-11)12-4-6-13(18)7-5-12/h3,8-10,12H,4-7H2,1-2H3. The summed E-state index contributed by atoms with van der Waals surface area (Å²) in [7, 11) is 2.11. The van der Waals surface area contributed by atoms with E-state index in [0.29, 0.717) is 11.7 Å².